The Morgan fingerprint density at radius 3 is 2.21 bits per heavy atom. The second-order valence-electron chi connectivity index (χ2n) is 3.69. The summed E-state index contributed by atoms with van der Waals surface area (Å²) < 4.78 is 25.9. The normalized spacial score (nSPS) is 34.0. The van der Waals surface area contributed by atoms with E-state index in [0.717, 1.165) is 12.3 Å². The first kappa shape index (κ1) is 11.4. The maximum Gasteiger partial charge on any atom is 0.261 e. The summed E-state index contributed by atoms with van der Waals surface area (Å²) in [6.07, 6.45) is 2.94. The fraction of sp³-hybridized carbons (Fsp3) is 0.857. The third kappa shape index (κ3) is 4.03. The number of nitrogens with one attached hydrogen (secondary N) is 1. The highest BCUT2D eigenvalue weighted by molar-refractivity contribution is 7.85. The van der Waals surface area contributed by atoms with Crippen molar-refractivity contribution in [3.8, 4) is 0 Å². The highest BCUT2D eigenvalue weighted by atomic mass is 32.2. The van der Waals surface area contributed by atoms with Crippen LogP contribution >= 0.6 is 0 Å². The Hall–Kier alpha value is -0.660. The minimum atomic E-state index is -3.67. The largest absolute Gasteiger partial charge is 0.368 e. The van der Waals surface area contributed by atoms with Gasteiger partial charge in [0.15, 0.2) is 0 Å². The van der Waals surface area contributed by atoms with Crippen molar-refractivity contribution in [1.82, 2.24) is 5.32 Å². The fourth-order valence-corrected chi connectivity index (χ4v) is 1.54. The van der Waals surface area contributed by atoms with Gasteiger partial charge < -0.3 is 11.1 Å². The van der Waals surface area contributed by atoms with Crippen LogP contribution in [0.25, 0.3) is 0 Å². The Morgan fingerprint density at radius 1 is 1.50 bits per heavy atom. The molecule has 1 saturated carbocycles. The summed E-state index contributed by atoms with van der Waals surface area (Å²) in [6, 6.07) is 0.608. The number of rotatable bonds is 1. The Bertz CT molecular complexity index is 309. The molecule has 14 heavy (non-hydrogen) atoms. The van der Waals surface area contributed by atoms with Gasteiger partial charge in [0, 0.05) is 6.04 Å². The van der Waals surface area contributed by atoms with Gasteiger partial charge in [-0.05, 0) is 18.8 Å². The van der Waals surface area contributed by atoms with E-state index in [1.807, 2.05) is 0 Å². The number of nitrogens with two attached hydrogens (primary N) is 1. The van der Waals surface area contributed by atoms with Crippen LogP contribution in [0.2, 0.25) is 0 Å². The topological polar surface area (TPSA) is 109 Å². The molecule has 3 atom stereocenters. The molecule has 0 aromatic heterocycles. The summed E-state index contributed by atoms with van der Waals surface area (Å²) in [6.45, 7) is 0. The van der Waals surface area contributed by atoms with Crippen LogP contribution in [-0.2, 0) is 14.9 Å². The van der Waals surface area contributed by atoms with Gasteiger partial charge in [0.1, 0.15) is 0 Å². The second-order valence-corrected chi connectivity index (χ2v) is 5.16. The first-order valence-corrected chi connectivity index (χ1v) is 6.10. The van der Waals surface area contributed by atoms with Gasteiger partial charge in [-0.1, -0.05) is 0 Å². The molecule has 1 saturated heterocycles. The van der Waals surface area contributed by atoms with E-state index in [4.69, 9.17) is 10.3 Å². The number of primary amides is 1. The maximum absolute atomic E-state index is 10.5. The van der Waals surface area contributed by atoms with Crippen molar-refractivity contribution in [1.29, 1.82) is 0 Å². The Kier molecular flexibility index (Phi) is 3.13. The van der Waals surface area contributed by atoms with Crippen molar-refractivity contribution in [2.75, 3.05) is 6.26 Å². The molecule has 3 unspecified atom stereocenters. The molecule has 1 heterocycles. The van der Waals surface area contributed by atoms with E-state index in [2.05, 4.69) is 5.32 Å². The van der Waals surface area contributed by atoms with Crippen LogP contribution in [0.5, 0.6) is 0 Å². The van der Waals surface area contributed by atoms with Crippen molar-refractivity contribution < 1.29 is 17.8 Å². The van der Waals surface area contributed by atoms with Gasteiger partial charge in [0.25, 0.3) is 10.1 Å². The quantitative estimate of drug-likeness (QED) is 0.479. The number of amides is 1. The lowest BCUT2D eigenvalue weighted by Crippen LogP contribution is -2.38. The lowest BCUT2D eigenvalue weighted by molar-refractivity contribution is -0.119. The average Bonchev–Trinajstić information content (AvgIpc) is 2.55. The van der Waals surface area contributed by atoms with E-state index in [0.29, 0.717) is 12.3 Å². The van der Waals surface area contributed by atoms with Crippen molar-refractivity contribution in [3.05, 3.63) is 0 Å². The van der Waals surface area contributed by atoms with Crippen LogP contribution in [-0.4, -0.2) is 37.2 Å². The standard InChI is InChI=1S/C6H10N2O.CH4O3S/c7-6(9)5-2-3-1-4(3)8-5;1-5(2,3)4/h3-5,8H,1-2H2,(H2,7,9);1H3,(H,2,3,4). The molecule has 0 spiro atoms. The first-order valence-electron chi connectivity index (χ1n) is 4.25. The van der Waals surface area contributed by atoms with Gasteiger partial charge in [-0.25, -0.2) is 0 Å². The molecule has 2 fully saturated rings. The predicted molar refractivity (Wildman–Crippen MR) is 50.1 cm³/mol. The molecule has 0 aromatic rings. The summed E-state index contributed by atoms with van der Waals surface area (Å²) >= 11 is 0. The van der Waals surface area contributed by atoms with E-state index in [9.17, 15) is 13.2 Å². The van der Waals surface area contributed by atoms with Crippen molar-refractivity contribution >= 4 is 16.0 Å². The van der Waals surface area contributed by atoms with E-state index in [1.54, 1.807) is 0 Å². The smallest absolute Gasteiger partial charge is 0.261 e. The number of hydrogen-bond acceptors (Lipinski definition) is 4. The molecule has 1 amide bonds. The summed E-state index contributed by atoms with van der Waals surface area (Å²) in [4.78, 5) is 10.5. The summed E-state index contributed by atoms with van der Waals surface area (Å²) in [5, 5.41) is 3.15. The number of piperidine rings is 1. The molecule has 82 valence electrons. The Morgan fingerprint density at radius 2 is 2.00 bits per heavy atom. The molecule has 7 heteroatoms. The third-order valence-electron chi connectivity index (χ3n) is 2.22. The van der Waals surface area contributed by atoms with Gasteiger partial charge in [0.2, 0.25) is 5.91 Å². The van der Waals surface area contributed by atoms with Crippen LogP contribution in [0.1, 0.15) is 12.8 Å². The monoisotopic (exact) mass is 222 g/mol. The zero-order valence-corrected chi connectivity index (χ0v) is 8.62. The average molecular weight is 222 g/mol. The van der Waals surface area contributed by atoms with Crippen LogP contribution < -0.4 is 11.1 Å². The van der Waals surface area contributed by atoms with Gasteiger partial charge in [0.05, 0.1) is 12.3 Å². The van der Waals surface area contributed by atoms with Gasteiger partial charge in [-0.2, -0.15) is 8.42 Å². The molecule has 2 aliphatic rings. The van der Waals surface area contributed by atoms with Gasteiger partial charge >= 0.3 is 0 Å². The number of carbonyl (C=O) groups is 1. The van der Waals surface area contributed by atoms with Crippen LogP contribution in [0.4, 0.5) is 0 Å². The molecule has 0 radical (unpaired) electrons. The lowest BCUT2D eigenvalue weighted by Gasteiger charge is -2.06. The third-order valence-corrected chi connectivity index (χ3v) is 2.22. The number of hydrogen-bond donors (Lipinski definition) is 3. The predicted octanol–water partition coefficient (Wildman–Crippen LogP) is -1.27. The zero-order chi connectivity index (χ0) is 10.9. The summed E-state index contributed by atoms with van der Waals surface area (Å²) in [5.74, 6) is 0.574. The van der Waals surface area contributed by atoms with Gasteiger partial charge in [-0.15, -0.1) is 0 Å². The van der Waals surface area contributed by atoms with Gasteiger partial charge in [-0.3, -0.25) is 9.35 Å². The lowest BCUT2D eigenvalue weighted by atomic mass is 10.2. The van der Waals surface area contributed by atoms with Crippen LogP contribution in [0.15, 0.2) is 0 Å². The van der Waals surface area contributed by atoms with Crippen molar-refractivity contribution in [2.24, 2.45) is 11.7 Å². The molecule has 4 N–H and O–H groups in total. The van der Waals surface area contributed by atoms with Crippen LogP contribution in [0.3, 0.4) is 0 Å². The molecule has 1 aliphatic carbocycles. The second kappa shape index (κ2) is 3.84. The molecule has 1 aliphatic heterocycles. The molecule has 2 rings (SSSR count). The first-order chi connectivity index (χ1) is 6.27. The highest BCUT2D eigenvalue weighted by Crippen LogP contribution is 2.40. The van der Waals surface area contributed by atoms with E-state index in [1.165, 1.54) is 6.42 Å². The fourth-order valence-electron chi connectivity index (χ4n) is 1.54. The molecular formula is C7H14N2O4S. The van der Waals surface area contributed by atoms with Crippen LogP contribution in [0, 0.1) is 5.92 Å². The number of fused-ring (bicyclic) bond motifs is 1. The minimum absolute atomic E-state index is 0.0197. The summed E-state index contributed by atoms with van der Waals surface area (Å²) in [5.41, 5.74) is 5.08. The maximum atomic E-state index is 10.5. The molecule has 0 bridgehead atoms. The Balaban J connectivity index is 0.000000171. The summed E-state index contributed by atoms with van der Waals surface area (Å²) in [7, 11) is -3.67. The highest BCUT2D eigenvalue weighted by Gasteiger charge is 2.47. The molecule has 0 aromatic carbocycles. The molecule has 6 nitrogen and oxygen atoms in total. The SMILES string of the molecule is CS(=O)(=O)O.NC(=O)C1CC2CC2N1. The Labute approximate surface area is 82.6 Å². The minimum Gasteiger partial charge on any atom is -0.368 e. The van der Waals surface area contributed by atoms with Crippen molar-refractivity contribution in [2.45, 2.75) is 24.9 Å². The van der Waals surface area contributed by atoms with Crippen molar-refractivity contribution in [3.63, 3.8) is 0 Å². The van der Waals surface area contributed by atoms with E-state index in [-0.39, 0.29) is 11.9 Å². The molecular weight excluding hydrogens is 208 g/mol. The van der Waals surface area contributed by atoms with E-state index < -0.39 is 10.1 Å². The zero-order valence-electron chi connectivity index (χ0n) is 7.80. The van der Waals surface area contributed by atoms with E-state index >= 15 is 0 Å². The number of carbonyl (C=O) groups excluding carboxylic acids is 1.